The highest BCUT2D eigenvalue weighted by atomic mass is 32.2. The van der Waals surface area contributed by atoms with E-state index < -0.39 is 27.8 Å². The number of rotatable bonds is 5. The number of hydrogen-bond donors (Lipinski definition) is 0. The third kappa shape index (κ3) is 4.61. The van der Waals surface area contributed by atoms with Crippen molar-refractivity contribution in [2.24, 2.45) is 0 Å². The van der Waals surface area contributed by atoms with Crippen molar-refractivity contribution in [1.29, 1.82) is 0 Å². The Balaban J connectivity index is 1.28. The highest BCUT2D eigenvalue weighted by Crippen LogP contribution is 2.38. The van der Waals surface area contributed by atoms with Crippen molar-refractivity contribution in [3.05, 3.63) is 47.9 Å². The first-order valence-electron chi connectivity index (χ1n) is 11.1. The molecule has 1 aromatic carbocycles. The highest BCUT2D eigenvalue weighted by molar-refractivity contribution is 7.89. The molecule has 2 aliphatic heterocycles. The molecule has 1 amide bonds. The van der Waals surface area contributed by atoms with E-state index in [1.807, 2.05) is 0 Å². The maximum Gasteiger partial charge on any atom is 0.416 e. The van der Waals surface area contributed by atoms with Gasteiger partial charge in [-0.15, -0.1) is 0 Å². The number of carbonyl (C=O) groups excluding carboxylic acids is 1. The van der Waals surface area contributed by atoms with Crippen LogP contribution in [0.5, 0.6) is 5.88 Å². The predicted octanol–water partition coefficient (Wildman–Crippen LogP) is 2.82. The molecule has 3 heterocycles. The smallest absolute Gasteiger partial charge is 0.416 e. The number of halogens is 3. The number of fused-ring (bicyclic) bond motifs is 1. The van der Waals surface area contributed by atoms with Gasteiger partial charge in [-0.1, -0.05) is 0 Å². The molecule has 0 N–H and O–H groups in total. The fourth-order valence-electron chi connectivity index (χ4n) is 4.46. The van der Waals surface area contributed by atoms with Gasteiger partial charge in [0.15, 0.2) is 0 Å². The molecule has 0 spiro atoms. The van der Waals surface area contributed by atoms with Crippen LogP contribution in [0.4, 0.5) is 13.2 Å². The summed E-state index contributed by atoms with van der Waals surface area (Å²) >= 11 is 0. The van der Waals surface area contributed by atoms with Gasteiger partial charge < -0.3 is 9.64 Å². The molecule has 34 heavy (non-hydrogen) atoms. The Labute approximate surface area is 194 Å². The summed E-state index contributed by atoms with van der Waals surface area (Å²) in [4.78, 5) is 22.7. The Hall–Kier alpha value is -2.73. The number of alkyl halides is 3. The summed E-state index contributed by atoms with van der Waals surface area (Å²) in [6, 6.07) is 3.00. The molecule has 3 aliphatic rings. The summed E-state index contributed by atoms with van der Waals surface area (Å²) < 4.78 is 71.9. The van der Waals surface area contributed by atoms with Crippen molar-refractivity contribution in [1.82, 2.24) is 19.2 Å². The quantitative estimate of drug-likeness (QED) is 0.632. The lowest BCUT2D eigenvalue weighted by Crippen LogP contribution is -2.40. The van der Waals surface area contributed by atoms with Gasteiger partial charge in [0.25, 0.3) is 0 Å². The van der Waals surface area contributed by atoms with Gasteiger partial charge in [-0.3, -0.25) is 9.78 Å². The SMILES string of the molecule is O=C1CCN(S(=O)(=O)c2ccc(C(F)(F)F)cc2)CC2C[C@H](Oc3cnc(C4CC4)cn3)CN12. The zero-order valence-electron chi connectivity index (χ0n) is 18.1. The summed E-state index contributed by atoms with van der Waals surface area (Å²) in [6.45, 7) is 0.319. The van der Waals surface area contributed by atoms with Crippen LogP contribution < -0.4 is 4.74 Å². The standard InChI is InChI=1S/C22H23F3N4O4S/c23-22(24,25)15-3-5-18(6-4-15)34(31,32)28-8-7-21(30)29-13-17(9-16(29)12-28)33-20-11-26-19(10-27-20)14-1-2-14/h3-6,10-11,14,16-17H,1-2,7-9,12-13H2/t16?,17-/m0/s1. The molecule has 2 atom stereocenters. The van der Waals surface area contributed by atoms with Crippen LogP contribution >= 0.6 is 0 Å². The Bertz CT molecular complexity index is 1170. The van der Waals surface area contributed by atoms with E-state index in [1.165, 1.54) is 4.31 Å². The predicted molar refractivity (Wildman–Crippen MR) is 113 cm³/mol. The molecule has 5 rings (SSSR count). The Kier molecular flexibility index (Phi) is 5.75. The van der Waals surface area contributed by atoms with Crippen molar-refractivity contribution < 1.29 is 31.1 Å². The average molecular weight is 497 g/mol. The topological polar surface area (TPSA) is 92.7 Å². The number of nitrogens with zero attached hydrogens (tertiary/aromatic N) is 4. The van der Waals surface area contributed by atoms with Crippen molar-refractivity contribution in [3.8, 4) is 5.88 Å². The minimum Gasteiger partial charge on any atom is -0.471 e. The fraction of sp³-hybridized carbons (Fsp3) is 0.500. The molecule has 8 nitrogen and oxygen atoms in total. The normalized spacial score (nSPS) is 24.1. The maximum atomic E-state index is 13.1. The maximum absolute atomic E-state index is 13.1. The summed E-state index contributed by atoms with van der Waals surface area (Å²) in [5, 5.41) is 0. The van der Waals surface area contributed by atoms with Gasteiger partial charge in [-0.2, -0.15) is 17.5 Å². The Morgan fingerprint density at radius 2 is 1.76 bits per heavy atom. The first kappa shape index (κ1) is 23.0. The van der Waals surface area contributed by atoms with Gasteiger partial charge in [0, 0.05) is 37.9 Å². The molecular weight excluding hydrogens is 473 g/mol. The third-order valence-electron chi connectivity index (χ3n) is 6.44. The molecule has 1 aliphatic carbocycles. The van der Waals surface area contributed by atoms with E-state index in [-0.39, 0.29) is 36.4 Å². The van der Waals surface area contributed by atoms with E-state index >= 15 is 0 Å². The van der Waals surface area contributed by atoms with Gasteiger partial charge in [-0.25, -0.2) is 13.4 Å². The number of amides is 1. The summed E-state index contributed by atoms with van der Waals surface area (Å²) in [7, 11) is -4.07. The molecule has 3 fully saturated rings. The average Bonchev–Trinajstić information content (AvgIpc) is 3.59. The van der Waals surface area contributed by atoms with E-state index in [2.05, 4.69) is 9.97 Å². The molecule has 12 heteroatoms. The third-order valence-corrected chi connectivity index (χ3v) is 8.32. The molecule has 1 unspecified atom stereocenters. The van der Waals surface area contributed by atoms with Crippen LogP contribution in [0.3, 0.4) is 0 Å². The first-order chi connectivity index (χ1) is 16.1. The van der Waals surface area contributed by atoms with Crippen molar-refractivity contribution in [2.45, 2.75) is 54.8 Å². The van der Waals surface area contributed by atoms with Gasteiger partial charge in [0.05, 0.1) is 35.1 Å². The summed E-state index contributed by atoms with van der Waals surface area (Å²) in [6.07, 6.45) is 0.979. The number of ether oxygens (including phenoxy) is 1. The number of benzene rings is 1. The van der Waals surface area contributed by atoms with Crippen LogP contribution in [-0.4, -0.2) is 65.3 Å². The second-order valence-corrected chi connectivity index (χ2v) is 10.8. The van der Waals surface area contributed by atoms with Crippen LogP contribution in [0.15, 0.2) is 41.6 Å². The van der Waals surface area contributed by atoms with Gasteiger partial charge in [0.2, 0.25) is 21.8 Å². The number of sulfonamides is 1. The van der Waals surface area contributed by atoms with E-state index in [9.17, 15) is 26.4 Å². The molecular formula is C22H23F3N4O4S. The summed E-state index contributed by atoms with van der Waals surface area (Å²) in [5.41, 5.74) is 0.0136. The molecule has 2 aromatic rings. The second-order valence-electron chi connectivity index (χ2n) is 8.86. The number of hydrogen-bond acceptors (Lipinski definition) is 6. The molecule has 2 saturated heterocycles. The Morgan fingerprint density at radius 3 is 2.38 bits per heavy atom. The molecule has 0 bridgehead atoms. The second kappa shape index (κ2) is 8.49. The molecule has 182 valence electrons. The Morgan fingerprint density at radius 1 is 1.03 bits per heavy atom. The lowest BCUT2D eigenvalue weighted by atomic mass is 10.2. The monoisotopic (exact) mass is 496 g/mol. The van der Waals surface area contributed by atoms with E-state index in [1.54, 1.807) is 17.3 Å². The van der Waals surface area contributed by atoms with Gasteiger partial charge >= 0.3 is 6.18 Å². The minimum atomic E-state index is -4.56. The van der Waals surface area contributed by atoms with Crippen LogP contribution in [0, 0.1) is 0 Å². The van der Waals surface area contributed by atoms with Crippen molar-refractivity contribution in [2.75, 3.05) is 19.6 Å². The van der Waals surface area contributed by atoms with Crippen molar-refractivity contribution in [3.63, 3.8) is 0 Å². The lowest BCUT2D eigenvalue weighted by molar-refractivity contribution is -0.137. The lowest BCUT2D eigenvalue weighted by Gasteiger charge is -2.25. The van der Waals surface area contributed by atoms with Crippen LogP contribution in [0.2, 0.25) is 0 Å². The van der Waals surface area contributed by atoms with Crippen molar-refractivity contribution >= 4 is 15.9 Å². The zero-order chi connectivity index (χ0) is 24.1. The van der Waals surface area contributed by atoms with E-state index in [0.717, 1.165) is 42.8 Å². The first-order valence-corrected chi connectivity index (χ1v) is 12.5. The van der Waals surface area contributed by atoms with E-state index in [0.29, 0.717) is 24.8 Å². The van der Waals surface area contributed by atoms with E-state index in [4.69, 9.17) is 4.74 Å². The molecule has 1 saturated carbocycles. The number of aromatic nitrogens is 2. The largest absolute Gasteiger partial charge is 0.471 e. The van der Waals surface area contributed by atoms with Crippen LogP contribution in [0.25, 0.3) is 0 Å². The zero-order valence-corrected chi connectivity index (χ0v) is 18.9. The van der Waals surface area contributed by atoms with Crippen LogP contribution in [0.1, 0.15) is 42.9 Å². The highest BCUT2D eigenvalue weighted by Gasteiger charge is 2.42. The number of carbonyl (C=O) groups is 1. The molecule has 0 radical (unpaired) electrons. The van der Waals surface area contributed by atoms with Crippen LogP contribution in [-0.2, 0) is 21.0 Å². The van der Waals surface area contributed by atoms with Gasteiger partial charge in [0.1, 0.15) is 6.10 Å². The fourth-order valence-corrected chi connectivity index (χ4v) is 5.94. The summed E-state index contributed by atoms with van der Waals surface area (Å²) in [5.74, 6) is 0.645. The molecule has 1 aromatic heterocycles. The van der Waals surface area contributed by atoms with Gasteiger partial charge in [-0.05, 0) is 37.1 Å². The minimum absolute atomic E-state index is 0.0149.